The number of nitrogens with zero attached hydrogens (tertiary/aromatic N) is 2. The quantitative estimate of drug-likeness (QED) is 0.675. The first-order chi connectivity index (χ1) is 12.7. The lowest BCUT2D eigenvalue weighted by Gasteiger charge is -2.24. The molecule has 0 saturated heterocycles. The highest BCUT2D eigenvalue weighted by molar-refractivity contribution is 9.10. The highest BCUT2D eigenvalue weighted by Gasteiger charge is 2.26. The number of anilines is 1. The van der Waals surface area contributed by atoms with Gasteiger partial charge in [0.05, 0.1) is 18.7 Å². The zero-order chi connectivity index (χ0) is 17.9. The van der Waals surface area contributed by atoms with Gasteiger partial charge in [-0.15, -0.1) is 0 Å². The van der Waals surface area contributed by atoms with Gasteiger partial charge in [0.2, 0.25) is 5.91 Å². The third kappa shape index (κ3) is 3.58. The molecule has 4 rings (SSSR count). The summed E-state index contributed by atoms with van der Waals surface area (Å²) in [6, 6.07) is 18.3. The first-order valence-corrected chi connectivity index (χ1v) is 9.65. The Kier molecular flexibility index (Phi) is 4.89. The van der Waals surface area contributed by atoms with Gasteiger partial charge in [-0.05, 0) is 48.1 Å². The number of nitrogens with one attached hydrogen (secondary N) is 1. The Labute approximate surface area is 161 Å². The molecule has 4 nitrogen and oxygen atoms in total. The summed E-state index contributed by atoms with van der Waals surface area (Å²) in [6.45, 7) is 0.622. The minimum absolute atomic E-state index is 0.0507. The van der Waals surface area contributed by atoms with Crippen LogP contribution in [0.15, 0.2) is 65.3 Å². The highest BCUT2D eigenvalue weighted by Crippen LogP contribution is 2.32. The van der Waals surface area contributed by atoms with Gasteiger partial charge in [0.1, 0.15) is 5.82 Å². The van der Waals surface area contributed by atoms with Gasteiger partial charge in [-0.2, -0.15) is 5.10 Å². The van der Waals surface area contributed by atoms with E-state index in [1.54, 1.807) is 6.20 Å². The first kappa shape index (κ1) is 17.0. The smallest absolute Gasteiger partial charge is 0.233 e. The molecule has 2 aromatic carbocycles. The zero-order valence-electron chi connectivity index (χ0n) is 14.4. The number of aromatic nitrogens is 2. The molecule has 0 bridgehead atoms. The molecule has 0 saturated carbocycles. The Morgan fingerprint density at radius 2 is 1.96 bits per heavy atom. The highest BCUT2D eigenvalue weighted by atomic mass is 79.9. The monoisotopic (exact) mass is 409 g/mol. The van der Waals surface area contributed by atoms with Gasteiger partial charge in [-0.1, -0.05) is 52.3 Å². The number of benzene rings is 2. The molecule has 1 aliphatic carbocycles. The van der Waals surface area contributed by atoms with Crippen LogP contribution in [-0.4, -0.2) is 15.7 Å². The molecule has 1 heterocycles. The van der Waals surface area contributed by atoms with Crippen molar-refractivity contribution in [1.29, 1.82) is 0 Å². The summed E-state index contributed by atoms with van der Waals surface area (Å²) in [5.41, 5.74) is 3.59. The molecule has 1 atom stereocenters. The summed E-state index contributed by atoms with van der Waals surface area (Å²) in [4.78, 5) is 12.9. The number of aryl methyl sites for hydroxylation is 1. The summed E-state index contributed by atoms with van der Waals surface area (Å²) >= 11 is 3.45. The van der Waals surface area contributed by atoms with Gasteiger partial charge in [0.25, 0.3) is 0 Å². The van der Waals surface area contributed by atoms with E-state index in [1.807, 2.05) is 35.0 Å². The molecule has 26 heavy (non-hydrogen) atoms. The lowest BCUT2D eigenvalue weighted by atomic mass is 9.82. The molecule has 1 amide bonds. The minimum Gasteiger partial charge on any atom is -0.310 e. The molecule has 0 fully saturated rings. The van der Waals surface area contributed by atoms with Crippen molar-refractivity contribution >= 4 is 27.7 Å². The number of carbonyl (C=O) groups excluding carboxylic acids is 1. The average Bonchev–Trinajstić information content (AvgIpc) is 3.09. The number of hydrogen-bond acceptors (Lipinski definition) is 2. The second kappa shape index (κ2) is 7.46. The van der Waals surface area contributed by atoms with Crippen LogP contribution in [0, 0.1) is 0 Å². The minimum atomic E-state index is -0.0871. The second-order valence-corrected chi connectivity index (χ2v) is 7.55. The predicted molar refractivity (Wildman–Crippen MR) is 106 cm³/mol. The van der Waals surface area contributed by atoms with Crippen LogP contribution in [0.5, 0.6) is 0 Å². The summed E-state index contributed by atoms with van der Waals surface area (Å²) in [5.74, 6) is 0.701. The predicted octanol–water partition coefficient (Wildman–Crippen LogP) is 4.75. The molecule has 1 aliphatic rings. The molecule has 3 aromatic rings. The molecule has 0 spiro atoms. The Bertz CT molecular complexity index is 917. The van der Waals surface area contributed by atoms with Crippen molar-refractivity contribution in [2.75, 3.05) is 5.32 Å². The summed E-state index contributed by atoms with van der Waals surface area (Å²) < 4.78 is 2.88. The number of carbonyl (C=O) groups is 1. The van der Waals surface area contributed by atoms with E-state index in [0.717, 1.165) is 40.7 Å². The number of halogens is 1. The van der Waals surface area contributed by atoms with E-state index in [9.17, 15) is 4.79 Å². The van der Waals surface area contributed by atoms with E-state index in [0.29, 0.717) is 6.54 Å². The van der Waals surface area contributed by atoms with Gasteiger partial charge >= 0.3 is 0 Å². The number of fused-ring (bicyclic) bond motifs is 1. The standard InChI is InChI=1S/C21H20BrN3O/c22-17-10-8-15(9-11-17)14-25-20(12-13-23-25)24-21(26)19-7-3-5-16-4-1-2-6-18(16)19/h1-2,4,6,8-13,19H,3,5,7,14H2,(H,24,26). The molecular formula is C21H20BrN3O. The van der Waals surface area contributed by atoms with Crippen LogP contribution in [-0.2, 0) is 17.8 Å². The Morgan fingerprint density at radius 3 is 2.81 bits per heavy atom. The average molecular weight is 410 g/mol. The SMILES string of the molecule is O=C(Nc1ccnn1Cc1ccc(Br)cc1)C1CCCc2ccccc21. The molecule has 1 N–H and O–H groups in total. The van der Waals surface area contributed by atoms with E-state index in [2.05, 4.69) is 50.6 Å². The summed E-state index contributed by atoms with van der Waals surface area (Å²) in [7, 11) is 0. The van der Waals surface area contributed by atoms with E-state index < -0.39 is 0 Å². The van der Waals surface area contributed by atoms with Crippen molar-refractivity contribution in [3.05, 3.63) is 82.0 Å². The third-order valence-corrected chi connectivity index (χ3v) is 5.43. The Hall–Kier alpha value is -2.40. The van der Waals surface area contributed by atoms with Crippen LogP contribution in [0.4, 0.5) is 5.82 Å². The van der Waals surface area contributed by atoms with Crippen molar-refractivity contribution in [2.24, 2.45) is 0 Å². The van der Waals surface area contributed by atoms with Crippen molar-refractivity contribution < 1.29 is 4.79 Å². The van der Waals surface area contributed by atoms with Crippen molar-refractivity contribution in [3.63, 3.8) is 0 Å². The molecule has 0 aliphatic heterocycles. The molecular weight excluding hydrogens is 390 g/mol. The molecule has 1 aromatic heterocycles. The van der Waals surface area contributed by atoms with Crippen molar-refractivity contribution in [2.45, 2.75) is 31.7 Å². The lowest BCUT2D eigenvalue weighted by Crippen LogP contribution is -2.26. The van der Waals surface area contributed by atoms with Crippen LogP contribution in [0.1, 0.15) is 35.4 Å². The van der Waals surface area contributed by atoms with Gasteiger partial charge < -0.3 is 5.32 Å². The van der Waals surface area contributed by atoms with E-state index in [4.69, 9.17) is 0 Å². The molecule has 132 valence electrons. The van der Waals surface area contributed by atoms with E-state index in [-0.39, 0.29) is 11.8 Å². The zero-order valence-corrected chi connectivity index (χ0v) is 15.9. The number of hydrogen-bond donors (Lipinski definition) is 1. The molecule has 5 heteroatoms. The van der Waals surface area contributed by atoms with Crippen molar-refractivity contribution in [3.8, 4) is 0 Å². The van der Waals surface area contributed by atoms with Crippen LogP contribution >= 0.6 is 15.9 Å². The summed E-state index contributed by atoms with van der Waals surface area (Å²) in [6.07, 6.45) is 4.72. The largest absolute Gasteiger partial charge is 0.310 e. The van der Waals surface area contributed by atoms with Crippen LogP contribution in [0.3, 0.4) is 0 Å². The third-order valence-electron chi connectivity index (χ3n) is 4.90. The fraction of sp³-hybridized carbons (Fsp3) is 0.238. The van der Waals surface area contributed by atoms with Gasteiger partial charge in [0, 0.05) is 10.5 Å². The maximum atomic E-state index is 12.9. The van der Waals surface area contributed by atoms with Crippen LogP contribution < -0.4 is 5.32 Å². The number of amides is 1. The summed E-state index contributed by atoms with van der Waals surface area (Å²) in [5, 5.41) is 7.45. The Balaban J connectivity index is 1.51. The first-order valence-electron chi connectivity index (χ1n) is 8.85. The fourth-order valence-corrected chi connectivity index (χ4v) is 3.83. The van der Waals surface area contributed by atoms with Crippen molar-refractivity contribution in [1.82, 2.24) is 9.78 Å². The Morgan fingerprint density at radius 1 is 1.15 bits per heavy atom. The van der Waals surface area contributed by atoms with Gasteiger partial charge in [-0.3, -0.25) is 4.79 Å². The number of rotatable bonds is 4. The molecule has 0 radical (unpaired) electrons. The lowest BCUT2D eigenvalue weighted by molar-refractivity contribution is -0.117. The normalized spacial score (nSPS) is 16.1. The maximum Gasteiger partial charge on any atom is 0.233 e. The van der Waals surface area contributed by atoms with Crippen LogP contribution in [0.2, 0.25) is 0 Å². The van der Waals surface area contributed by atoms with Gasteiger partial charge in [0.15, 0.2) is 0 Å². The van der Waals surface area contributed by atoms with Crippen LogP contribution in [0.25, 0.3) is 0 Å². The maximum absolute atomic E-state index is 12.9. The topological polar surface area (TPSA) is 46.9 Å². The second-order valence-electron chi connectivity index (χ2n) is 6.63. The van der Waals surface area contributed by atoms with E-state index in [1.165, 1.54) is 5.56 Å². The van der Waals surface area contributed by atoms with Gasteiger partial charge in [-0.25, -0.2) is 4.68 Å². The fourth-order valence-electron chi connectivity index (χ4n) is 3.57. The molecule has 1 unspecified atom stereocenters. The van der Waals surface area contributed by atoms with E-state index >= 15 is 0 Å².